The zero-order valence-electron chi connectivity index (χ0n) is 11.3. The van der Waals surface area contributed by atoms with Crippen LogP contribution in [0.15, 0.2) is 0 Å². The molecule has 1 aliphatic rings. The Balaban J connectivity index is 2.20. The quantitative estimate of drug-likeness (QED) is 0.707. The molecule has 1 aliphatic carbocycles. The van der Waals surface area contributed by atoms with E-state index in [4.69, 9.17) is 4.74 Å². The van der Waals surface area contributed by atoms with Gasteiger partial charge in [-0.05, 0) is 18.8 Å². The Labute approximate surface area is 104 Å². The van der Waals surface area contributed by atoms with Crippen molar-refractivity contribution >= 4 is 5.91 Å². The summed E-state index contributed by atoms with van der Waals surface area (Å²) in [6, 6.07) is 0.651. The van der Waals surface area contributed by atoms with Gasteiger partial charge in [0.05, 0.1) is 13.2 Å². The molecule has 0 radical (unpaired) electrons. The van der Waals surface area contributed by atoms with Crippen LogP contribution in [-0.4, -0.2) is 38.3 Å². The van der Waals surface area contributed by atoms with E-state index in [9.17, 15) is 4.79 Å². The summed E-state index contributed by atoms with van der Waals surface area (Å²) in [5.74, 6) is 0.577. The maximum Gasteiger partial charge on any atom is 0.234 e. The molecule has 4 nitrogen and oxygen atoms in total. The summed E-state index contributed by atoms with van der Waals surface area (Å²) >= 11 is 0. The van der Waals surface area contributed by atoms with Gasteiger partial charge in [-0.1, -0.05) is 26.7 Å². The summed E-state index contributed by atoms with van der Waals surface area (Å²) in [4.78, 5) is 11.7. The van der Waals surface area contributed by atoms with Crippen LogP contribution in [0.5, 0.6) is 0 Å². The van der Waals surface area contributed by atoms with E-state index in [2.05, 4.69) is 24.5 Å². The van der Waals surface area contributed by atoms with Gasteiger partial charge >= 0.3 is 0 Å². The van der Waals surface area contributed by atoms with Gasteiger partial charge in [-0.15, -0.1) is 0 Å². The molecule has 4 heteroatoms. The third-order valence-electron chi connectivity index (χ3n) is 3.40. The highest BCUT2D eigenvalue weighted by atomic mass is 16.5. The Morgan fingerprint density at radius 2 is 2.00 bits per heavy atom. The molecule has 0 bridgehead atoms. The van der Waals surface area contributed by atoms with Crippen LogP contribution in [0, 0.1) is 5.92 Å². The largest absolute Gasteiger partial charge is 0.383 e. The maximum atomic E-state index is 11.7. The molecule has 2 N–H and O–H groups in total. The number of carbonyl (C=O) groups excluding carboxylic acids is 1. The van der Waals surface area contributed by atoms with Gasteiger partial charge in [0.1, 0.15) is 0 Å². The van der Waals surface area contributed by atoms with E-state index in [1.807, 2.05) is 0 Å². The second-order valence-electron chi connectivity index (χ2n) is 5.24. The van der Waals surface area contributed by atoms with Gasteiger partial charge < -0.3 is 15.4 Å². The number of ether oxygens (including phenoxy) is 1. The summed E-state index contributed by atoms with van der Waals surface area (Å²) in [6.07, 6.45) is 4.77. The highest BCUT2D eigenvalue weighted by molar-refractivity contribution is 5.78. The van der Waals surface area contributed by atoms with Crippen molar-refractivity contribution in [1.82, 2.24) is 10.6 Å². The Morgan fingerprint density at radius 3 is 2.53 bits per heavy atom. The first-order chi connectivity index (χ1) is 8.13. The highest BCUT2D eigenvalue weighted by Gasteiger charge is 2.18. The summed E-state index contributed by atoms with van der Waals surface area (Å²) in [7, 11) is 1.69. The Kier molecular flexibility index (Phi) is 6.52. The molecule has 1 rings (SSSR count). The minimum Gasteiger partial charge on any atom is -0.383 e. The van der Waals surface area contributed by atoms with E-state index in [0.29, 0.717) is 25.1 Å². The van der Waals surface area contributed by atoms with Gasteiger partial charge in [0, 0.05) is 19.2 Å². The number of methoxy groups -OCH3 is 1. The number of hydrogen-bond donors (Lipinski definition) is 2. The van der Waals surface area contributed by atoms with Gasteiger partial charge in [-0.3, -0.25) is 4.79 Å². The normalized spacial score (nSPS) is 18.6. The van der Waals surface area contributed by atoms with Gasteiger partial charge in [-0.25, -0.2) is 0 Å². The van der Waals surface area contributed by atoms with Crippen molar-refractivity contribution in [3.05, 3.63) is 0 Å². The Bertz CT molecular complexity index is 225. The molecule has 1 atom stereocenters. The molecule has 0 aliphatic heterocycles. The van der Waals surface area contributed by atoms with Crippen LogP contribution in [0.1, 0.15) is 39.5 Å². The van der Waals surface area contributed by atoms with E-state index in [-0.39, 0.29) is 11.9 Å². The molecule has 1 saturated carbocycles. The lowest BCUT2D eigenvalue weighted by Crippen LogP contribution is -2.45. The van der Waals surface area contributed by atoms with Crippen LogP contribution in [0.2, 0.25) is 0 Å². The third kappa shape index (κ3) is 5.50. The van der Waals surface area contributed by atoms with Crippen molar-refractivity contribution in [3.8, 4) is 0 Å². The number of nitrogens with one attached hydrogen (secondary N) is 2. The highest BCUT2D eigenvalue weighted by Crippen LogP contribution is 2.17. The van der Waals surface area contributed by atoms with Gasteiger partial charge in [0.2, 0.25) is 5.91 Å². The van der Waals surface area contributed by atoms with Crippen molar-refractivity contribution in [2.45, 2.75) is 51.6 Å². The lowest BCUT2D eigenvalue weighted by atomic mass is 10.1. The van der Waals surface area contributed by atoms with Crippen molar-refractivity contribution in [2.24, 2.45) is 5.92 Å². The lowest BCUT2D eigenvalue weighted by Gasteiger charge is -2.22. The second kappa shape index (κ2) is 7.67. The molecular formula is C13H26N2O2. The molecule has 0 aromatic carbocycles. The Morgan fingerprint density at radius 1 is 1.35 bits per heavy atom. The van der Waals surface area contributed by atoms with E-state index in [1.165, 1.54) is 12.8 Å². The van der Waals surface area contributed by atoms with Crippen LogP contribution in [0.3, 0.4) is 0 Å². The second-order valence-corrected chi connectivity index (χ2v) is 5.24. The van der Waals surface area contributed by atoms with Crippen LogP contribution in [0.25, 0.3) is 0 Å². The zero-order valence-corrected chi connectivity index (χ0v) is 11.3. The molecule has 0 saturated heterocycles. The van der Waals surface area contributed by atoms with Crippen molar-refractivity contribution in [3.63, 3.8) is 0 Å². The van der Waals surface area contributed by atoms with Crippen LogP contribution in [0.4, 0.5) is 0 Å². The summed E-state index contributed by atoms with van der Waals surface area (Å²) < 4.78 is 5.14. The molecule has 0 heterocycles. The van der Waals surface area contributed by atoms with Crippen LogP contribution < -0.4 is 10.6 Å². The number of amides is 1. The molecule has 0 aromatic rings. The van der Waals surface area contributed by atoms with E-state index < -0.39 is 0 Å². The number of hydrogen-bond acceptors (Lipinski definition) is 3. The van der Waals surface area contributed by atoms with Crippen LogP contribution in [-0.2, 0) is 9.53 Å². The monoisotopic (exact) mass is 242 g/mol. The fraction of sp³-hybridized carbons (Fsp3) is 0.923. The predicted octanol–water partition coefficient (Wildman–Crippen LogP) is 1.31. The average molecular weight is 242 g/mol. The molecule has 0 spiro atoms. The zero-order chi connectivity index (χ0) is 12.7. The van der Waals surface area contributed by atoms with Gasteiger partial charge in [0.25, 0.3) is 0 Å². The number of carbonyl (C=O) groups is 1. The summed E-state index contributed by atoms with van der Waals surface area (Å²) in [5, 5.41) is 6.33. The third-order valence-corrected chi connectivity index (χ3v) is 3.40. The molecule has 1 unspecified atom stereocenters. The Hall–Kier alpha value is -0.610. The molecule has 17 heavy (non-hydrogen) atoms. The summed E-state index contributed by atoms with van der Waals surface area (Å²) in [6.45, 7) is 5.30. The fourth-order valence-electron chi connectivity index (χ4n) is 2.24. The van der Waals surface area contributed by atoms with E-state index in [1.54, 1.807) is 7.11 Å². The molecule has 0 aromatic heterocycles. The fourth-order valence-corrected chi connectivity index (χ4v) is 2.24. The predicted molar refractivity (Wildman–Crippen MR) is 68.9 cm³/mol. The SMILES string of the molecule is COCC(NCC(=O)NC1CCCC1)C(C)C. The first-order valence-corrected chi connectivity index (χ1v) is 6.65. The number of rotatable bonds is 7. The summed E-state index contributed by atoms with van der Waals surface area (Å²) in [5.41, 5.74) is 0. The lowest BCUT2D eigenvalue weighted by molar-refractivity contribution is -0.121. The van der Waals surface area contributed by atoms with Crippen molar-refractivity contribution < 1.29 is 9.53 Å². The smallest absolute Gasteiger partial charge is 0.234 e. The molecule has 1 amide bonds. The van der Waals surface area contributed by atoms with E-state index >= 15 is 0 Å². The van der Waals surface area contributed by atoms with Gasteiger partial charge in [-0.2, -0.15) is 0 Å². The molecular weight excluding hydrogens is 216 g/mol. The standard InChI is InChI=1S/C13H26N2O2/c1-10(2)12(9-17-3)14-8-13(16)15-11-6-4-5-7-11/h10-12,14H,4-9H2,1-3H3,(H,15,16). The van der Waals surface area contributed by atoms with Gasteiger partial charge in [0.15, 0.2) is 0 Å². The van der Waals surface area contributed by atoms with Crippen LogP contribution >= 0.6 is 0 Å². The average Bonchev–Trinajstić information content (AvgIpc) is 2.76. The first kappa shape index (κ1) is 14.5. The molecule has 100 valence electrons. The maximum absolute atomic E-state index is 11.7. The van der Waals surface area contributed by atoms with Crippen molar-refractivity contribution in [1.29, 1.82) is 0 Å². The van der Waals surface area contributed by atoms with E-state index in [0.717, 1.165) is 12.8 Å². The minimum absolute atomic E-state index is 0.110. The minimum atomic E-state index is 0.110. The first-order valence-electron chi connectivity index (χ1n) is 6.65. The van der Waals surface area contributed by atoms with Crippen molar-refractivity contribution in [2.75, 3.05) is 20.3 Å². The topological polar surface area (TPSA) is 50.4 Å². The molecule has 1 fully saturated rings.